The van der Waals surface area contributed by atoms with E-state index in [4.69, 9.17) is 20.9 Å². The highest BCUT2D eigenvalue weighted by atomic mass is 35.5. The molecule has 0 bridgehead atoms. The fourth-order valence-corrected chi connectivity index (χ4v) is 2.39. The van der Waals surface area contributed by atoms with Crippen molar-refractivity contribution in [2.75, 3.05) is 0 Å². The summed E-state index contributed by atoms with van der Waals surface area (Å²) in [7, 11) is -0.408. The summed E-state index contributed by atoms with van der Waals surface area (Å²) in [5, 5.41) is 0.643. The number of imidazole rings is 1. The lowest BCUT2D eigenvalue weighted by Gasteiger charge is -2.32. The van der Waals surface area contributed by atoms with Crippen molar-refractivity contribution in [3.63, 3.8) is 0 Å². The van der Waals surface area contributed by atoms with Crippen molar-refractivity contribution in [1.29, 1.82) is 0 Å². The lowest BCUT2D eigenvalue weighted by Crippen LogP contribution is -2.41. The second-order valence-electron chi connectivity index (χ2n) is 5.90. The van der Waals surface area contributed by atoms with Crippen molar-refractivity contribution in [2.45, 2.75) is 38.9 Å². The molecule has 4 nitrogen and oxygen atoms in total. The van der Waals surface area contributed by atoms with Crippen molar-refractivity contribution in [3.8, 4) is 0 Å². The number of aromatic nitrogens is 2. The van der Waals surface area contributed by atoms with E-state index >= 15 is 0 Å². The Morgan fingerprint density at radius 1 is 1.21 bits per heavy atom. The monoisotopic (exact) mass is 278 g/mol. The average Bonchev–Trinajstić information content (AvgIpc) is 2.82. The molecule has 0 atom stereocenters. The molecule has 1 aliphatic rings. The maximum Gasteiger partial charge on any atom is 0.496 e. The first kappa shape index (κ1) is 13.0. The third-order valence-electron chi connectivity index (χ3n) is 4.02. The van der Waals surface area contributed by atoms with Crippen LogP contribution in [0, 0.1) is 0 Å². The standard InChI is InChI=1S/C13H16BClN2O2/c1-12(2)13(3,4)19-14(18-12)9-5-10(15)11-6-16-8-17(11)7-9/h5-8H,1-4H3. The summed E-state index contributed by atoms with van der Waals surface area (Å²) in [5.41, 5.74) is 1.07. The van der Waals surface area contributed by atoms with Gasteiger partial charge >= 0.3 is 7.12 Å². The smallest absolute Gasteiger partial charge is 0.399 e. The van der Waals surface area contributed by atoms with Crippen LogP contribution in [0.15, 0.2) is 24.8 Å². The Morgan fingerprint density at radius 3 is 2.47 bits per heavy atom. The van der Waals surface area contributed by atoms with E-state index in [0.717, 1.165) is 11.0 Å². The Labute approximate surface area is 117 Å². The quantitative estimate of drug-likeness (QED) is 0.751. The molecule has 0 amide bonds. The van der Waals surface area contributed by atoms with Gasteiger partial charge in [0.05, 0.1) is 34.3 Å². The maximum atomic E-state index is 6.25. The van der Waals surface area contributed by atoms with Crippen molar-refractivity contribution in [1.82, 2.24) is 9.38 Å². The van der Waals surface area contributed by atoms with Gasteiger partial charge in [0, 0.05) is 11.7 Å². The molecule has 2 aromatic rings. The van der Waals surface area contributed by atoms with E-state index in [1.807, 2.05) is 44.4 Å². The van der Waals surface area contributed by atoms with E-state index < -0.39 is 7.12 Å². The maximum absolute atomic E-state index is 6.25. The van der Waals surface area contributed by atoms with Crippen molar-refractivity contribution < 1.29 is 9.31 Å². The number of nitrogens with zero attached hydrogens (tertiary/aromatic N) is 2. The summed E-state index contributed by atoms with van der Waals surface area (Å²) in [6, 6.07) is 1.88. The Hall–Kier alpha value is -1.04. The second-order valence-corrected chi connectivity index (χ2v) is 6.30. The normalized spacial score (nSPS) is 21.2. The predicted molar refractivity (Wildman–Crippen MR) is 75.9 cm³/mol. The van der Waals surface area contributed by atoms with E-state index in [0.29, 0.717) is 5.02 Å². The zero-order chi connectivity index (χ0) is 13.8. The van der Waals surface area contributed by atoms with Gasteiger partial charge in [0.15, 0.2) is 0 Å². The summed E-state index contributed by atoms with van der Waals surface area (Å²) < 4.78 is 13.9. The average molecular weight is 279 g/mol. The molecule has 3 rings (SSSR count). The largest absolute Gasteiger partial charge is 0.496 e. The lowest BCUT2D eigenvalue weighted by atomic mass is 9.80. The molecule has 0 radical (unpaired) electrons. The van der Waals surface area contributed by atoms with E-state index in [1.54, 1.807) is 12.5 Å². The van der Waals surface area contributed by atoms with Crippen molar-refractivity contribution in [2.24, 2.45) is 0 Å². The van der Waals surface area contributed by atoms with Gasteiger partial charge in [-0.3, -0.25) is 0 Å². The van der Waals surface area contributed by atoms with Gasteiger partial charge in [-0.1, -0.05) is 11.6 Å². The van der Waals surface area contributed by atoms with Crippen LogP contribution in [0.25, 0.3) is 5.52 Å². The Bertz CT molecular complexity index is 623. The van der Waals surface area contributed by atoms with Crippen LogP contribution in [-0.2, 0) is 9.31 Å². The third kappa shape index (κ3) is 1.97. The first-order chi connectivity index (χ1) is 8.80. The van der Waals surface area contributed by atoms with Gasteiger partial charge in [-0.2, -0.15) is 0 Å². The molecule has 6 heteroatoms. The SMILES string of the molecule is CC1(C)OB(c2cc(Cl)c3cncn3c2)OC1(C)C. The van der Waals surface area contributed by atoms with Crippen molar-refractivity contribution >= 4 is 29.7 Å². The molecule has 3 heterocycles. The minimum Gasteiger partial charge on any atom is -0.399 e. The Morgan fingerprint density at radius 2 is 1.84 bits per heavy atom. The molecule has 1 fully saturated rings. The molecule has 0 aliphatic carbocycles. The molecule has 0 spiro atoms. The second kappa shape index (κ2) is 3.98. The van der Waals surface area contributed by atoms with Crippen LogP contribution in [0.3, 0.4) is 0 Å². The van der Waals surface area contributed by atoms with E-state index in [-0.39, 0.29) is 11.2 Å². The van der Waals surface area contributed by atoms with Crippen LogP contribution < -0.4 is 5.46 Å². The summed E-state index contributed by atoms with van der Waals surface area (Å²) >= 11 is 6.25. The number of pyridine rings is 1. The highest BCUT2D eigenvalue weighted by Gasteiger charge is 2.51. The van der Waals surface area contributed by atoms with E-state index in [1.165, 1.54) is 0 Å². The first-order valence-corrected chi connectivity index (χ1v) is 6.65. The van der Waals surface area contributed by atoms with Gasteiger partial charge < -0.3 is 13.7 Å². The van der Waals surface area contributed by atoms with Gasteiger partial charge in [-0.25, -0.2) is 4.98 Å². The Kier molecular flexibility index (Phi) is 2.72. The molecule has 1 saturated heterocycles. The molecule has 0 N–H and O–H groups in total. The molecule has 2 aromatic heterocycles. The van der Waals surface area contributed by atoms with Crippen LogP contribution in [-0.4, -0.2) is 27.7 Å². The highest BCUT2D eigenvalue weighted by molar-refractivity contribution is 6.62. The predicted octanol–water partition coefficient (Wildman–Crippen LogP) is 2.29. The number of hydrogen-bond donors (Lipinski definition) is 0. The fraction of sp³-hybridized carbons (Fsp3) is 0.462. The van der Waals surface area contributed by atoms with Crippen LogP contribution in [0.4, 0.5) is 0 Å². The van der Waals surface area contributed by atoms with Gasteiger partial charge in [0.1, 0.15) is 0 Å². The number of rotatable bonds is 1. The molecule has 0 unspecified atom stereocenters. The number of hydrogen-bond acceptors (Lipinski definition) is 3. The van der Waals surface area contributed by atoms with E-state index in [2.05, 4.69) is 4.98 Å². The van der Waals surface area contributed by atoms with Crippen LogP contribution in [0.1, 0.15) is 27.7 Å². The lowest BCUT2D eigenvalue weighted by molar-refractivity contribution is 0.00578. The molecule has 100 valence electrons. The minimum absolute atomic E-state index is 0.353. The highest BCUT2D eigenvalue weighted by Crippen LogP contribution is 2.36. The third-order valence-corrected chi connectivity index (χ3v) is 4.32. The minimum atomic E-state index is -0.408. The van der Waals surface area contributed by atoms with Gasteiger partial charge in [0.25, 0.3) is 0 Å². The molecule has 19 heavy (non-hydrogen) atoms. The zero-order valence-electron chi connectivity index (χ0n) is 11.5. The zero-order valence-corrected chi connectivity index (χ0v) is 12.2. The summed E-state index contributed by atoms with van der Waals surface area (Å²) in [4.78, 5) is 4.08. The van der Waals surface area contributed by atoms with Gasteiger partial charge in [-0.15, -0.1) is 0 Å². The number of fused-ring (bicyclic) bond motifs is 1. The number of halogens is 1. The van der Waals surface area contributed by atoms with Crippen LogP contribution >= 0.6 is 11.6 Å². The Balaban J connectivity index is 2.02. The summed E-state index contributed by atoms with van der Waals surface area (Å²) in [6.45, 7) is 8.13. The van der Waals surface area contributed by atoms with Crippen LogP contribution in [0.5, 0.6) is 0 Å². The topological polar surface area (TPSA) is 35.8 Å². The summed E-state index contributed by atoms with van der Waals surface area (Å²) in [6.07, 6.45) is 5.39. The van der Waals surface area contributed by atoms with Crippen molar-refractivity contribution in [3.05, 3.63) is 29.8 Å². The fourth-order valence-electron chi connectivity index (χ4n) is 2.12. The molecule has 0 aromatic carbocycles. The molecule has 0 saturated carbocycles. The molecule has 1 aliphatic heterocycles. The van der Waals surface area contributed by atoms with Gasteiger partial charge in [-0.05, 0) is 33.8 Å². The molecular formula is C13H16BClN2O2. The summed E-state index contributed by atoms with van der Waals surface area (Å²) in [5.74, 6) is 0. The first-order valence-electron chi connectivity index (χ1n) is 6.27. The van der Waals surface area contributed by atoms with E-state index in [9.17, 15) is 0 Å². The van der Waals surface area contributed by atoms with Gasteiger partial charge in [0.2, 0.25) is 0 Å². The van der Waals surface area contributed by atoms with Crippen LogP contribution in [0.2, 0.25) is 5.02 Å². The molecular weight excluding hydrogens is 262 g/mol.